The monoisotopic (exact) mass is 311 g/mol. The van der Waals surface area contributed by atoms with Crippen molar-refractivity contribution in [2.75, 3.05) is 13.7 Å². The van der Waals surface area contributed by atoms with Gasteiger partial charge in [0.15, 0.2) is 0 Å². The van der Waals surface area contributed by atoms with Gasteiger partial charge < -0.3 is 15.2 Å². The SMILES string of the molecule is COc1ccccc1C(O)CNC(=O)c1cccc2c1CCC2. The number of aliphatic hydroxyl groups is 1. The molecule has 1 unspecified atom stereocenters. The normalized spacial score (nSPS) is 14.2. The van der Waals surface area contributed by atoms with Crippen LogP contribution >= 0.6 is 0 Å². The van der Waals surface area contributed by atoms with Crippen molar-refractivity contribution in [1.29, 1.82) is 0 Å². The van der Waals surface area contributed by atoms with E-state index in [4.69, 9.17) is 4.74 Å². The first kappa shape index (κ1) is 15.6. The van der Waals surface area contributed by atoms with Gasteiger partial charge in [-0.15, -0.1) is 0 Å². The minimum absolute atomic E-state index is 0.127. The van der Waals surface area contributed by atoms with Gasteiger partial charge >= 0.3 is 0 Å². The van der Waals surface area contributed by atoms with Gasteiger partial charge in [-0.05, 0) is 42.5 Å². The molecule has 0 aliphatic heterocycles. The molecule has 3 rings (SSSR count). The maximum Gasteiger partial charge on any atom is 0.251 e. The lowest BCUT2D eigenvalue weighted by atomic mass is 10.0. The molecule has 23 heavy (non-hydrogen) atoms. The van der Waals surface area contributed by atoms with Crippen LogP contribution in [0.2, 0.25) is 0 Å². The summed E-state index contributed by atoms with van der Waals surface area (Å²) in [4.78, 5) is 12.4. The van der Waals surface area contributed by atoms with Gasteiger partial charge in [0.25, 0.3) is 5.91 Å². The quantitative estimate of drug-likeness (QED) is 0.892. The Morgan fingerprint density at radius 2 is 2.04 bits per heavy atom. The first-order valence-electron chi connectivity index (χ1n) is 7.90. The minimum Gasteiger partial charge on any atom is -0.496 e. The van der Waals surface area contributed by atoms with Crippen molar-refractivity contribution < 1.29 is 14.6 Å². The number of methoxy groups -OCH3 is 1. The van der Waals surface area contributed by atoms with Crippen molar-refractivity contribution >= 4 is 5.91 Å². The molecule has 1 aliphatic rings. The van der Waals surface area contributed by atoms with Crippen LogP contribution in [0.4, 0.5) is 0 Å². The maximum atomic E-state index is 12.4. The smallest absolute Gasteiger partial charge is 0.251 e. The third kappa shape index (κ3) is 3.22. The predicted octanol–water partition coefficient (Wildman–Crippen LogP) is 2.65. The molecule has 0 bridgehead atoms. The summed E-state index contributed by atoms with van der Waals surface area (Å²) in [6.45, 7) is 0.156. The molecule has 1 atom stereocenters. The summed E-state index contributed by atoms with van der Waals surface area (Å²) in [5.74, 6) is 0.493. The van der Waals surface area contributed by atoms with E-state index in [1.807, 2.05) is 24.3 Å². The number of aliphatic hydroxyl groups excluding tert-OH is 1. The maximum absolute atomic E-state index is 12.4. The molecule has 0 heterocycles. The fourth-order valence-electron chi connectivity index (χ4n) is 3.17. The molecule has 0 fully saturated rings. The van der Waals surface area contributed by atoms with Gasteiger partial charge in [0.2, 0.25) is 0 Å². The van der Waals surface area contributed by atoms with Crippen LogP contribution in [0, 0.1) is 0 Å². The summed E-state index contributed by atoms with van der Waals surface area (Å²) < 4.78 is 5.25. The lowest BCUT2D eigenvalue weighted by Crippen LogP contribution is -2.29. The summed E-state index contributed by atoms with van der Waals surface area (Å²) in [6, 6.07) is 13.2. The molecule has 1 aliphatic carbocycles. The van der Waals surface area contributed by atoms with Crippen molar-refractivity contribution in [2.24, 2.45) is 0 Å². The number of benzene rings is 2. The zero-order valence-electron chi connectivity index (χ0n) is 13.2. The molecule has 1 amide bonds. The Balaban J connectivity index is 1.69. The summed E-state index contributed by atoms with van der Waals surface area (Å²) in [7, 11) is 1.57. The number of hydrogen-bond acceptors (Lipinski definition) is 3. The highest BCUT2D eigenvalue weighted by Gasteiger charge is 2.20. The number of ether oxygens (including phenoxy) is 1. The topological polar surface area (TPSA) is 58.6 Å². The Labute approximate surface area is 136 Å². The summed E-state index contributed by atoms with van der Waals surface area (Å²) >= 11 is 0. The first-order valence-corrected chi connectivity index (χ1v) is 7.90. The molecule has 2 aromatic rings. The van der Waals surface area contributed by atoms with E-state index in [1.54, 1.807) is 19.2 Å². The van der Waals surface area contributed by atoms with Crippen molar-refractivity contribution in [3.05, 3.63) is 64.7 Å². The van der Waals surface area contributed by atoms with Crippen LogP contribution in [0.25, 0.3) is 0 Å². The Bertz CT molecular complexity index is 712. The molecule has 2 N–H and O–H groups in total. The second-order valence-corrected chi connectivity index (χ2v) is 5.76. The van der Waals surface area contributed by atoms with Crippen LogP contribution < -0.4 is 10.1 Å². The molecular weight excluding hydrogens is 290 g/mol. The van der Waals surface area contributed by atoms with Crippen LogP contribution in [0.5, 0.6) is 5.75 Å². The fraction of sp³-hybridized carbons (Fsp3) is 0.316. The second kappa shape index (κ2) is 6.84. The number of rotatable bonds is 5. The number of carbonyl (C=O) groups excluding carboxylic acids is 1. The van der Waals surface area contributed by atoms with E-state index in [9.17, 15) is 9.90 Å². The Morgan fingerprint density at radius 1 is 1.22 bits per heavy atom. The highest BCUT2D eigenvalue weighted by atomic mass is 16.5. The molecule has 0 spiro atoms. The van der Waals surface area contributed by atoms with E-state index in [0.717, 1.165) is 30.4 Å². The van der Waals surface area contributed by atoms with E-state index < -0.39 is 6.10 Å². The number of hydrogen-bond donors (Lipinski definition) is 2. The average molecular weight is 311 g/mol. The predicted molar refractivity (Wildman–Crippen MR) is 88.8 cm³/mol. The highest BCUT2D eigenvalue weighted by Crippen LogP contribution is 2.26. The van der Waals surface area contributed by atoms with Gasteiger partial charge in [-0.25, -0.2) is 0 Å². The van der Waals surface area contributed by atoms with Crippen LogP contribution in [0.15, 0.2) is 42.5 Å². The Hall–Kier alpha value is -2.33. The number of fused-ring (bicyclic) bond motifs is 1. The first-order chi connectivity index (χ1) is 11.2. The summed E-state index contributed by atoms with van der Waals surface area (Å²) in [6.07, 6.45) is 2.30. The van der Waals surface area contributed by atoms with Crippen molar-refractivity contribution in [3.63, 3.8) is 0 Å². The van der Waals surface area contributed by atoms with Crippen LogP contribution in [0.3, 0.4) is 0 Å². The zero-order valence-corrected chi connectivity index (χ0v) is 13.2. The van der Waals surface area contributed by atoms with Crippen molar-refractivity contribution in [2.45, 2.75) is 25.4 Å². The number of carbonyl (C=O) groups is 1. The molecule has 0 radical (unpaired) electrons. The molecule has 120 valence electrons. The van der Waals surface area contributed by atoms with E-state index >= 15 is 0 Å². The molecule has 0 aromatic heterocycles. The highest BCUT2D eigenvalue weighted by molar-refractivity contribution is 5.96. The Kier molecular flexibility index (Phi) is 4.63. The molecule has 0 saturated carbocycles. The van der Waals surface area contributed by atoms with Gasteiger partial charge in [0.1, 0.15) is 5.75 Å². The van der Waals surface area contributed by atoms with Gasteiger partial charge in [-0.3, -0.25) is 4.79 Å². The molecular formula is C19H21NO3. The summed E-state index contributed by atoms with van der Waals surface area (Å²) in [5, 5.41) is 13.2. The van der Waals surface area contributed by atoms with Gasteiger partial charge in [0, 0.05) is 17.7 Å². The average Bonchev–Trinajstić information content (AvgIpc) is 3.07. The number of para-hydroxylation sites is 1. The van der Waals surface area contributed by atoms with Crippen LogP contribution in [-0.4, -0.2) is 24.7 Å². The summed E-state index contributed by atoms with van der Waals surface area (Å²) in [5.41, 5.74) is 3.82. The van der Waals surface area contributed by atoms with E-state index in [0.29, 0.717) is 11.3 Å². The minimum atomic E-state index is -0.799. The second-order valence-electron chi connectivity index (χ2n) is 5.76. The van der Waals surface area contributed by atoms with Crippen LogP contribution in [-0.2, 0) is 12.8 Å². The molecule has 4 nitrogen and oxygen atoms in total. The fourth-order valence-corrected chi connectivity index (χ4v) is 3.17. The van der Waals surface area contributed by atoms with E-state index in [1.165, 1.54) is 5.56 Å². The largest absolute Gasteiger partial charge is 0.496 e. The van der Waals surface area contributed by atoms with Crippen LogP contribution in [0.1, 0.15) is 39.6 Å². The van der Waals surface area contributed by atoms with Crippen molar-refractivity contribution in [1.82, 2.24) is 5.32 Å². The molecule has 2 aromatic carbocycles. The van der Waals surface area contributed by atoms with Gasteiger partial charge in [-0.2, -0.15) is 0 Å². The number of amides is 1. The number of aryl methyl sites for hydroxylation is 1. The third-order valence-electron chi connectivity index (χ3n) is 4.34. The molecule has 0 saturated heterocycles. The Morgan fingerprint density at radius 3 is 2.87 bits per heavy atom. The van der Waals surface area contributed by atoms with Crippen molar-refractivity contribution in [3.8, 4) is 5.75 Å². The van der Waals surface area contributed by atoms with Gasteiger partial charge in [-0.1, -0.05) is 30.3 Å². The third-order valence-corrected chi connectivity index (χ3v) is 4.34. The lowest BCUT2D eigenvalue weighted by Gasteiger charge is -2.16. The van der Waals surface area contributed by atoms with E-state index in [-0.39, 0.29) is 12.5 Å². The zero-order chi connectivity index (χ0) is 16.2. The van der Waals surface area contributed by atoms with Gasteiger partial charge in [0.05, 0.1) is 13.2 Å². The molecule has 4 heteroatoms. The standard InChI is InChI=1S/C19H21NO3/c1-23-18-11-3-2-8-16(18)17(21)12-20-19(22)15-10-5-7-13-6-4-9-14(13)15/h2-3,5,7-8,10-11,17,21H,4,6,9,12H2,1H3,(H,20,22). The van der Waals surface area contributed by atoms with E-state index in [2.05, 4.69) is 11.4 Å². The number of nitrogens with one attached hydrogen (secondary N) is 1. The lowest BCUT2D eigenvalue weighted by molar-refractivity contribution is 0.0913.